The SMILES string of the molecule is CC(C)CC(C)(O)CNCc1cccc(O)c1. The van der Waals surface area contributed by atoms with Crippen LogP contribution in [0.15, 0.2) is 24.3 Å². The van der Waals surface area contributed by atoms with Gasteiger partial charge in [0.25, 0.3) is 0 Å². The van der Waals surface area contributed by atoms with Crippen LogP contribution in [0.5, 0.6) is 5.75 Å². The van der Waals surface area contributed by atoms with E-state index < -0.39 is 5.60 Å². The third kappa shape index (κ3) is 5.71. The van der Waals surface area contributed by atoms with E-state index in [4.69, 9.17) is 0 Å². The normalized spacial score (nSPS) is 14.9. The zero-order chi connectivity index (χ0) is 12.9. The van der Waals surface area contributed by atoms with Gasteiger partial charge in [-0.25, -0.2) is 0 Å². The first-order chi connectivity index (χ1) is 7.89. The first kappa shape index (κ1) is 14.0. The van der Waals surface area contributed by atoms with Crippen molar-refractivity contribution >= 4 is 0 Å². The lowest BCUT2D eigenvalue weighted by Crippen LogP contribution is -2.38. The predicted molar refractivity (Wildman–Crippen MR) is 69.9 cm³/mol. The highest BCUT2D eigenvalue weighted by Gasteiger charge is 2.20. The van der Waals surface area contributed by atoms with Crippen molar-refractivity contribution in [3.05, 3.63) is 29.8 Å². The minimum absolute atomic E-state index is 0.276. The van der Waals surface area contributed by atoms with Crippen LogP contribution in [0.4, 0.5) is 0 Å². The fourth-order valence-electron chi connectivity index (χ4n) is 2.09. The summed E-state index contributed by atoms with van der Waals surface area (Å²) in [5.41, 5.74) is 0.343. The Morgan fingerprint density at radius 3 is 2.65 bits per heavy atom. The molecule has 3 nitrogen and oxygen atoms in total. The lowest BCUT2D eigenvalue weighted by Gasteiger charge is -2.25. The Morgan fingerprint density at radius 2 is 2.06 bits per heavy atom. The van der Waals surface area contributed by atoms with Crippen molar-refractivity contribution in [2.24, 2.45) is 5.92 Å². The Morgan fingerprint density at radius 1 is 1.35 bits per heavy atom. The molecule has 0 aliphatic heterocycles. The number of hydrogen-bond donors (Lipinski definition) is 3. The lowest BCUT2D eigenvalue weighted by atomic mass is 9.94. The highest BCUT2D eigenvalue weighted by atomic mass is 16.3. The molecule has 0 aliphatic carbocycles. The number of hydrogen-bond acceptors (Lipinski definition) is 3. The van der Waals surface area contributed by atoms with E-state index in [1.807, 2.05) is 19.1 Å². The minimum Gasteiger partial charge on any atom is -0.508 e. The van der Waals surface area contributed by atoms with Crippen molar-refractivity contribution in [1.82, 2.24) is 5.32 Å². The number of rotatable bonds is 6. The van der Waals surface area contributed by atoms with Gasteiger partial charge in [-0.15, -0.1) is 0 Å². The van der Waals surface area contributed by atoms with Crippen LogP contribution in [0.25, 0.3) is 0 Å². The summed E-state index contributed by atoms with van der Waals surface area (Å²) >= 11 is 0. The van der Waals surface area contributed by atoms with E-state index in [1.165, 1.54) is 0 Å². The van der Waals surface area contributed by atoms with Crippen LogP contribution in [0, 0.1) is 5.92 Å². The summed E-state index contributed by atoms with van der Waals surface area (Å²) < 4.78 is 0. The number of phenolic OH excluding ortho intramolecular Hbond substituents is 1. The molecule has 1 aromatic rings. The Labute approximate surface area is 103 Å². The largest absolute Gasteiger partial charge is 0.508 e. The van der Waals surface area contributed by atoms with Crippen LogP contribution in [-0.2, 0) is 6.54 Å². The highest BCUT2D eigenvalue weighted by Crippen LogP contribution is 2.15. The Hall–Kier alpha value is -1.06. The van der Waals surface area contributed by atoms with E-state index in [1.54, 1.807) is 12.1 Å². The summed E-state index contributed by atoms with van der Waals surface area (Å²) in [5.74, 6) is 0.755. The molecule has 0 spiro atoms. The molecule has 1 aromatic carbocycles. The van der Waals surface area contributed by atoms with Gasteiger partial charge in [-0.2, -0.15) is 0 Å². The standard InChI is InChI=1S/C14H23NO2/c1-11(2)8-14(3,17)10-15-9-12-5-4-6-13(16)7-12/h4-7,11,15-17H,8-10H2,1-3H3. The second kappa shape index (κ2) is 6.03. The molecule has 0 aliphatic rings. The molecular weight excluding hydrogens is 214 g/mol. The van der Waals surface area contributed by atoms with E-state index >= 15 is 0 Å². The molecule has 0 bridgehead atoms. The fourth-order valence-corrected chi connectivity index (χ4v) is 2.09. The quantitative estimate of drug-likeness (QED) is 0.711. The maximum atomic E-state index is 10.1. The summed E-state index contributed by atoms with van der Waals surface area (Å²) in [6.07, 6.45) is 0.778. The number of benzene rings is 1. The van der Waals surface area contributed by atoms with Crippen LogP contribution in [-0.4, -0.2) is 22.4 Å². The van der Waals surface area contributed by atoms with Crippen LogP contribution in [0.2, 0.25) is 0 Å². The maximum Gasteiger partial charge on any atom is 0.115 e. The fraction of sp³-hybridized carbons (Fsp3) is 0.571. The summed E-state index contributed by atoms with van der Waals surface area (Å²) in [4.78, 5) is 0. The molecule has 0 radical (unpaired) electrons. The third-order valence-corrected chi connectivity index (χ3v) is 2.59. The van der Waals surface area contributed by atoms with Gasteiger partial charge in [-0.3, -0.25) is 0 Å². The van der Waals surface area contributed by atoms with Gasteiger partial charge in [0, 0.05) is 13.1 Å². The molecule has 0 fully saturated rings. The molecular formula is C14H23NO2. The number of aliphatic hydroxyl groups is 1. The first-order valence-corrected chi connectivity index (χ1v) is 6.10. The first-order valence-electron chi connectivity index (χ1n) is 6.10. The van der Waals surface area contributed by atoms with Gasteiger partial charge in [0.2, 0.25) is 0 Å². The van der Waals surface area contributed by atoms with Gasteiger partial charge in [0.1, 0.15) is 5.75 Å². The molecule has 96 valence electrons. The highest BCUT2D eigenvalue weighted by molar-refractivity contribution is 5.26. The summed E-state index contributed by atoms with van der Waals surface area (Å²) in [5, 5.41) is 22.6. The zero-order valence-electron chi connectivity index (χ0n) is 10.9. The van der Waals surface area contributed by atoms with Gasteiger partial charge in [0.05, 0.1) is 5.60 Å². The molecule has 1 rings (SSSR count). The molecule has 0 amide bonds. The number of aromatic hydroxyl groups is 1. The maximum absolute atomic E-state index is 10.1. The van der Waals surface area contributed by atoms with Gasteiger partial charge < -0.3 is 15.5 Å². The summed E-state index contributed by atoms with van der Waals surface area (Å²) in [6, 6.07) is 7.14. The molecule has 3 N–H and O–H groups in total. The second-order valence-electron chi connectivity index (χ2n) is 5.37. The van der Waals surface area contributed by atoms with Crippen molar-refractivity contribution in [3.8, 4) is 5.75 Å². The van der Waals surface area contributed by atoms with E-state index in [0.717, 1.165) is 12.0 Å². The smallest absolute Gasteiger partial charge is 0.115 e. The Bertz CT molecular complexity index is 348. The molecule has 0 saturated carbocycles. The second-order valence-corrected chi connectivity index (χ2v) is 5.37. The molecule has 1 atom stereocenters. The van der Waals surface area contributed by atoms with Crippen LogP contribution in [0.1, 0.15) is 32.8 Å². The van der Waals surface area contributed by atoms with Crippen molar-refractivity contribution < 1.29 is 10.2 Å². The molecule has 0 heterocycles. The van der Waals surface area contributed by atoms with Gasteiger partial charge in [-0.1, -0.05) is 26.0 Å². The van der Waals surface area contributed by atoms with Crippen molar-refractivity contribution in [2.45, 2.75) is 39.3 Å². The molecule has 3 heteroatoms. The van der Waals surface area contributed by atoms with E-state index in [0.29, 0.717) is 19.0 Å². The number of nitrogens with one attached hydrogen (secondary N) is 1. The Kier molecular flexibility index (Phi) is 4.97. The number of phenols is 1. The van der Waals surface area contributed by atoms with Gasteiger partial charge in [-0.05, 0) is 37.0 Å². The van der Waals surface area contributed by atoms with E-state index in [-0.39, 0.29) is 5.75 Å². The van der Waals surface area contributed by atoms with Crippen molar-refractivity contribution in [3.63, 3.8) is 0 Å². The van der Waals surface area contributed by atoms with Crippen molar-refractivity contribution in [1.29, 1.82) is 0 Å². The topological polar surface area (TPSA) is 52.5 Å². The third-order valence-electron chi connectivity index (χ3n) is 2.59. The minimum atomic E-state index is -0.676. The average Bonchev–Trinajstić information content (AvgIpc) is 2.15. The van der Waals surface area contributed by atoms with Crippen LogP contribution >= 0.6 is 0 Å². The van der Waals surface area contributed by atoms with E-state index in [2.05, 4.69) is 19.2 Å². The van der Waals surface area contributed by atoms with Gasteiger partial charge >= 0.3 is 0 Å². The summed E-state index contributed by atoms with van der Waals surface area (Å²) in [7, 11) is 0. The molecule has 1 unspecified atom stereocenters. The average molecular weight is 237 g/mol. The summed E-state index contributed by atoms with van der Waals surface area (Å²) in [6.45, 7) is 7.26. The van der Waals surface area contributed by atoms with Crippen molar-refractivity contribution in [2.75, 3.05) is 6.54 Å². The predicted octanol–water partition coefficient (Wildman–Crippen LogP) is 2.28. The van der Waals surface area contributed by atoms with Crippen LogP contribution in [0.3, 0.4) is 0 Å². The molecule has 0 aromatic heterocycles. The van der Waals surface area contributed by atoms with Crippen LogP contribution < -0.4 is 5.32 Å². The molecule has 0 saturated heterocycles. The molecule has 17 heavy (non-hydrogen) atoms. The van der Waals surface area contributed by atoms with E-state index in [9.17, 15) is 10.2 Å². The Balaban J connectivity index is 2.37. The lowest BCUT2D eigenvalue weighted by molar-refractivity contribution is 0.0383. The monoisotopic (exact) mass is 237 g/mol. The zero-order valence-corrected chi connectivity index (χ0v) is 10.9. The van der Waals surface area contributed by atoms with Gasteiger partial charge in [0.15, 0.2) is 0 Å².